The number of rotatable bonds is 2. The topological polar surface area (TPSA) is 58.2 Å². The van der Waals surface area contributed by atoms with E-state index in [1.54, 1.807) is 6.07 Å². The van der Waals surface area contributed by atoms with Gasteiger partial charge in [0.05, 0.1) is 5.69 Å². The molecular formula is C11H11FN2O2. The van der Waals surface area contributed by atoms with Crippen molar-refractivity contribution in [2.24, 2.45) is 5.92 Å². The third kappa shape index (κ3) is 2.03. The van der Waals surface area contributed by atoms with Crippen molar-refractivity contribution in [3.63, 3.8) is 0 Å². The van der Waals surface area contributed by atoms with Crippen LogP contribution in [0.25, 0.3) is 0 Å². The fraction of sp³-hybridized carbons (Fsp3) is 0.273. The Labute approximate surface area is 91.8 Å². The van der Waals surface area contributed by atoms with E-state index in [1.165, 1.54) is 18.2 Å². The third-order valence-corrected chi connectivity index (χ3v) is 2.50. The highest BCUT2D eigenvalue weighted by molar-refractivity contribution is 6.07. The average molecular weight is 222 g/mol. The van der Waals surface area contributed by atoms with Gasteiger partial charge in [-0.2, -0.15) is 0 Å². The summed E-state index contributed by atoms with van der Waals surface area (Å²) in [6, 6.07) is 5.87. The van der Waals surface area contributed by atoms with E-state index in [4.69, 9.17) is 0 Å². The van der Waals surface area contributed by atoms with Gasteiger partial charge in [0.15, 0.2) is 0 Å². The number of nitrogens with one attached hydrogen (secondary N) is 2. The lowest BCUT2D eigenvalue weighted by molar-refractivity contribution is -0.130. The number of carbonyl (C=O) groups is 2. The zero-order valence-corrected chi connectivity index (χ0v) is 8.50. The molecule has 0 aromatic heterocycles. The fourth-order valence-electron chi connectivity index (χ4n) is 1.63. The Morgan fingerprint density at radius 1 is 1.44 bits per heavy atom. The van der Waals surface area contributed by atoms with Gasteiger partial charge in [0.2, 0.25) is 11.8 Å². The van der Waals surface area contributed by atoms with Crippen molar-refractivity contribution >= 4 is 17.5 Å². The van der Waals surface area contributed by atoms with Crippen molar-refractivity contribution in [1.29, 1.82) is 0 Å². The predicted octanol–water partition coefficient (Wildman–Crippen LogP) is 0.900. The van der Waals surface area contributed by atoms with Gasteiger partial charge in [-0.1, -0.05) is 12.1 Å². The van der Waals surface area contributed by atoms with Crippen LogP contribution in [-0.4, -0.2) is 18.4 Å². The Kier molecular flexibility index (Phi) is 2.85. The first kappa shape index (κ1) is 10.6. The first-order valence-corrected chi connectivity index (χ1v) is 5.01. The van der Waals surface area contributed by atoms with Crippen molar-refractivity contribution in [2.75, 3.05) is 11.9 Å². The fourth-order valence-corrected chi connectivity index (χ4v) is 1.63. The number of halogens is 1. The molecule has 2 rings (SSSR count). The number of para-hydroxylation sites is 1. The number of carbonyl (C=O) groups excluding carboxylic acids is 2. The molecule has 2 amide bonds. The van der Waals surface area contributed by atoms with Crippen molar-refractivity contribution in [3.05, 3.63) is 30.1 Å². The number of hydrogen-bond acceptors (Lipinski definition) is 2. The van der Waals surface area contributed by atoms with E-state index < -0.39 is 17.6 Å². The molecule has 1 atom stereocenters. The second kappa shape index (κ2) is 4.30. The highest BCUT2D eigenvalue weighted by atomic mass is 19.1. The van der Waals surface area contributed by atoms with Gasteiger partial charge >= 0.3 is 0 Å². The second-order valence-corrected chi connectivity index (χ2v) is 3.60. The number of anilines is 1. The standard InChI is InChI=1S/C11H11FN2O2/c12-8-3-1-2-4-9(8)14-11(16)7-5-6-13-10(7)15/h1-4,7H,5-6H2,(H,13,15)(H,14,16). The molecule has 84 valence electrons. The predicted molar refractivity (Wildman–Crippen MR) is 56.1 cm³/mol. The van der Waals surface area contributed by atoms with E-state index >= 15 is 0 Å². The molecule has 4 nitrogen and oxygen atoms in total. The van der Waals surface area contributed by atoms with Gasteiger partial charge in [-0.15, -0.1) is 0 Å². The minimum absolute atomic E-state index is 0.104. The van der Waals surface area contributed by atoms with Gasteiger partial charge in [0, 0.05) is 6.54 Å². The molecule has 1 aromatic rings. The number of amides is 2. The lowest BCUT2D eigenvalue weighted by Gasteiger charge is -2.09. The molecule has 1 unspecified atom stereocenters. The molecule has 16 heavy (non-hydrogen) atoms. The van der Waals surface area contributed by atoms with Crippen molar-refractivity contribution in [3.8, 4) is 0 Å². The Morgan fingerprint density at radius 2 is 2.19 bits per heavy atom. The van der Waals surface area contributed by atoms with Crippen LogP contribution in [0, 0.1) is 11.7 Å². The lowest BCUT2D eigenvalue weighted by Crippen LogP contribution is -2.30. The quantitative estimate of drug-likeness (QED) is 0.730. The van der Waals surface area contributed by atoms with E-state index in [9.17, 15) is 14.0 Å². The normalized spacial score (nSPS) is 19.3. The molecular weight excluding hydrogens is 211 g/mol. The van der Waals surface area contributed by atoms with Crippen LogP contribution in [0.2, 0.25) is 0 Å². The van der Waals surface area contributed by atoms with E-state index in [1.807, 2.05) is 0 Å². The van der Waals surface area contributed by atoms with Crippen LogP contribution in [0.15, 0.2) is 24.3 Å². The Balaban J connectivity index is 2.08. The summed E-state index contributed by atoms with van der Waals surface area (Å²) in [5.74, 6) is -1.97. The van der Waals surface area contributed by atoms with E-state index in [0.29, 0.717) is 13.0 Å². The molecule has 1 heterocycles. The van der Waals surface area contributed by atoms with Crippen LogP contribution in [0.5, 0.6) is 0 Å². The molecule has 1 fully saturated rings. The van der Waals surface area contributed by atoms with Crippen molar-refractivity contribution in [1.82, 2.24) is 5.32 Å². The SMILES string of the molecule is O=C1NCCC1C(=O)Nc1ccccc1F. The van der Waals surface area contributed by atoms with Gasteiger partial charge in [-0.3, -0.25) is 9.59 Å². The molecule has 5 heteroatoms. The maximum Gasteiger partial charge on any atom is 0.237 e. The van der Waals surface area contributed by atoms with Crippen LogP contribution < -0.4 is 10.6 Å². The van der Waals surface area contributed by atoms with Crippen LogP contribution in [0.1, 0.15) is 6.42 Å². The summed E-state index contributed by atoms with van der Waals surface area (Å²) in [4.78, 5) is 22.9. The molecule has 0 bridgehead atoms. The summed E-state index contributed by atoms with van der Waals surface area (Å²) >= 11 is 0. The monoisotopic (exact) mass is 222 g/mol. The first-order valence-electron chi connectivity index (χ1n) is 5.01. The highest BCUT2D eigenvalue weighted by Gasteiger charge is 2.31. The maximum atomic E-state index is 13.2. The number of hydrogen-bond donors (Lipinski definition) is 2. The molecule has 0 aliphatic carbocycles. The zero-order chi connectivity index (χ0) is 11.5. The average Bonchev–Trinajstić information content (AvgIpc) is 2.68. The summed E-state index contributed by atoms with van der Waals surface area (Å²) in [6.07, 6.45) is 0.457. The lowest BCUT2D eigenvalue weighted by atomic mass is 10.1. The molecule has 0 radical (unpaired) electrons. The highest BCUT2D eigenvalue weighted by Crippen LogP contribution is 2.16. The van der Waals surface area contributed by atoms with Crippen LogP contribution in [-0.2, 0) is 9.59 Å². The van der Waals surface area contributed by atoms with E-state index in [0.717, 1.165) is 0 Å². The van der Waals surface area contributed by atoms with Gasteiger partial charge < -0.3 is 10.6 Å². The van der Waals surface area contributed by atoms with E-state index in [-0.39, 0.29) is 11.6 Å². The summed E-state index contributed by atoms with van der Waals surface area (Å²) in [5.41, 5.74) is 0.104. The van der Waals surface area contributed by atoms with Crippen LogP contribution >= 0.6 is 0 Å². The zero-order valence-electron chi connectivity index (χ0n) is 8.50. The molecule has 0 saturated carbocycles. The Bertz CT molecular complexity index is 434. The Hall–Kier alpha value is -1.91. The van der Waals surface area contributed by atoms with Gasteiger partial charge in [-0.25, -0.2) is 4.39 Å². The van der Waals surface area contributed by atoms with Crippen molar-refractivity contribution < 1.29 is 14.0 Å². The van der Waals surface area contributed by atoms with Gasteiger partial charge in [0.25, 0.3) is 0 Å². The summed E-state index contributed by atoms with van der Waals surface area (Å²) in [7, 11) is 0. The summed E-state index contributed by atoms with van der Waals surface area (Å²) in [5, 5.41) is 4.97. The smallest absolute Gasteiger partial charge is 0.237 e. The molecule has 1 aliphatic rings. The molecule has 0 spiro atoms. The van der Waals surface area contributed by atoms with Gasteiger partial charge in [-0.05, 0) is 18.6 Å². The minimum Gasteiger partial charge on any atom is -0.355 e. The second-order valence-electron chi connectivity index (χ2n) is 3.60. The third-order valence-electron chi connectivity index (χ3n) is 2.50. The summed E-state index contributed by atoms with van der Waals surface area (Å²) < 4.78 is 13.2. The summed E-state index contributed by atoms with van der Waals surface area (Å²) in [6.45, 7) is 0.494. The molecule has 1 aliphatic heterocycles. The van der Waals surface area contributed by atoms with E-state index in [2.05, 4.69) is 10.6 Å². The van der Waals surface area contributed by atoms with Crippen LogP contribution in [0.3, 0.4) is 0 Å². The Morgan fingerprint density at radius 3 is 2.81 bits per heavy atom. The minimum atomic E-state index is -0.709. The van der Waals surface area contributed by atoms with Crippen LogP contribution in [0.4, 0.5) is 10.1 Å². The number of benzene rings is 1. The molecule has 1 aromatic carbocycles. The van der Waals surface area contributed by atoms with Crippen molar-refractivity contribution in [2.45, 2.75) is 6.42 Å². The molecule has 2 N–H and O–H groups in total. The molecule has 1 saturated heterocycles. The maximum absolute atomic E-state index is 13.2. The van der Waals surface area contributed by atoms with Gasteiger partial charge in [0.1, 0.15) is 11.7 Å². The largest absolute Gasteiger partial charge is 0.355 e. The first-order chi connectivity index (χ1) is 7.68.